The topological polar surface area (TPSA) is 0 Å². The van der Waals surface area contributed by atoms with Crippen LogP contribution in [-0.4, -0.2) is 3.26 Å². The molecule has 1 saturated carbocycles. The fourth-order valence-corrected chi connectivity index (χ4v) is 22.3. The Morgan fingerprint density at radius 1 is 0.690 bits per heavy atom. The van der Waals surface area contributed by atoms with E-state index in [2.05, 4.69) is 140 Å². The molecular formula is C41H50Hf. The fraction of sp³-hybridized carbons (Fsp3) is 0.439. The van der Waals surface area contributed by atoms with Crippen LogP contribution in [0.15, 0.2) is 85.0 Å². The summed E-state index contributed by atoms with van der Waals surface area (Å²) in [7, 11) is 0. The first kappa shape index (κ1) is 29.9. The molecule has 3 aliphatic rings. The summed E-state index contributed by atoms with van der Waals surface area (Å²) in [6.45, 7) is 18.9. The third-order valence-corrected chi connectivity index (χ3v) is 23.3. The molecule has 0 spiro atoms. The van der Waals surface area contributed by atoms with Crippen LogP contribution in [0.25, 0.3) is 11.1 Å². The van der Waals surface area contributed by atoms with E-state index in [1.165, 1.54) is 53.5 Å². The average molecular weight is 721 g/mol. The summed E-state index contributed by atoms with van der Waals surface area (Å²) in [6, 6.07) is 25.0. The molecule has 3 aromatic carbocycles. The average Bonchev–Trinajstić information content (AvgIpc) is 3.71. The first-order chi connectivity index (χ1) is 19.9. The van der Waals surface area contributed by atoms with Crippen molar-refractivity contribution in [3.05, 3.63) is 118 Å². The van der Waals surface area contributed by atoms with Crippen molar-refractivity contribution in [1.29, 1.82) is 0 Å². The summed E-state index contributed by atoms with van der Waals surface area (Å²) in [4.78, 5) is 0. The van der Waals surface area contributed by atoms with Gasteiger partial charge in [0.25, 0.3) is 0 Å². The van der Waals surface area contributed by atoms with Crippen LogP contribution in [0.2, 0.25) is 3.67 Å². The minimum atomic E-state index is -2.74. The number of rotatable bonds is 5. The molecule has 0 N–H and O–H groups in total. The third kappa shape index (κ3) is 5.60. The van der Waals surface area contributed by atoms with E-state index in [0.29, 0.717) is 13.3 Å². The second-order valence-electron chi connectivity index (χ2n) is 15.5. The van der Waals surface area contributed by atoms with E-state index in [1.807, 2.05) is 3.26 Å². The van der Waals surface area contributed by atoms with Crippen molar-refractivity contribution >= 4 is 3.26 Å². The van der Waals surface area contributed by atoms with Crippen molar-refractivity contribution in [2.24, 2.45) is 5.92 Å². The molecule has 42 heavy (non-hydrogen) atoms. The molecule has 0 aliphatic heterocycles. The molecule has 0 atom stereocenters. The van der Waals surface area contributed by atoms with Crippen LogP contribution in [0.3, 0.4) is 0 Å². The minimum absolute atomic E-state index is 0.133. The summed E-state index contributed by atoms with van der Waals surface area (Å²) in [5.41, 5.74) is 12.5. The van der Waals surface area contributed by atoms with Crippen LogP contribution in [0, 0.1) is 5.92 Å². The molecule has 1 heteroatoms. The monoisotopic (exact) mass is 722 g/mol. The van der Waals surface area contributed by atoms with E-state index in [4.69, 9.17) is 0 Å². The normalized spacial score (nSPS) is 18.2. The first-order valence-corrected chi connectivity index (χ1v) is 22.4. The second-order valence-corrected chi connectivity index (χ2v) is 25.1. The van der Waals surface area contributed by atoms with Gasteiger partial charge in [0, 0.05) is 0 Å². The van der Waals surface area contributed by atoms with Crippen LogP contribution in [0.1, 0.15) is 124 Å². The Balaban J connectivity index is 1.68. The number of benzene rings is 3. The van der Waals surface area contributed by atoms with Gasteiger partial charge in [0.1, 0.15) is 0 Å². The summed E-state index contributed by atoms with van der Waals surface area (Å²) in [5, 5.41) is 0. The summed E-state index contributed by atoms with van der Waals surface area (Å²) in [6.07, 6.45) is 15.4. The van der Waals surface area contributed by atoms with Gasteiger partial charge in [-0.05, 0) is 0 Å². The Morgan fingerprint density at radius 3 is 1.64 bits per heavy atom. The maximum atomic E-state index is 2.64. The van der Waals surface area contributed by atoms with Crippen molar-refractivity contribution < 1.29 is 21.0 Å². The fourth-order valence-electron chi connectivity index (χ4n) is 7.60. The number of hydrogen-bond donors (Lipinski definition) is 0. The van der Waals surface area contributed by atoms with Crippen molar-refractivity contribution in [3.63, 3.8) is 0 Å². The van der Waals surface area contributed by atoms with E-state index in [1.54, 1.807) is 16.7 Å². The van der Waals surface area contributed by atoms with Crippen molar-refractivity contribution in [2.45, 2.75) is 105 Å². The Kier molecular flexibility index (Phi) is 8.14. The third-order valence-electron chi connectivity index (χ3n) is 10.1. The number of hydrogen-bond acceptors (Lipinski definition) is 0. The Hall–Kier alpha value is -2.12. The summed E-state index contributed by atoms with van der Waals surface area (Å²) < 4.78 is 3.07. The van der Waals surface area contributed by atoms with Crippen LogP contribution in [-0.2, 0) is 31.8 Å². The molecule has 0 aromatic heterocycles. The van der Waals surface area contributed by atoms with Crippen molar-refractivity contribution in [1.82, 2.24) is 0 Å². The van der Waals surface area contributed by atoms with E-state index < -0.39 is 21.0 Å². The van der Waals surface area contributed by atoms with Crippen LogP contribution < -0.4 is 0 Å². The predicted molar refractivity (Wildman–Crippen MR) is 180 cm³/mol. The van der Waals surface area contributed by atoms with Gasteiger partial charge in [-0.15, -0.1) is 0 Å². The second kappa shape index (κ2) is 11.4. The van der Waals surface area contributed by atoms with Gasteiger partial charge in [0.15, 0.2) is 0 Å². The Labute approximate surface area is 263 Å². The predicted octanol–water partition coefficient (Wildman–Crippen LogP) is 11.4. The van der Waals surface area contributed by atoms with Crippen LogP contribution in [0.4, 0.5) is 0 Å². The number of allylic oxidation sites excluding steroid dienone is 4. The van der Waals surface area contributed by atoms with Gasteiger partial charge < -0.3 is 0 Å². The van der Waals surface area contributed by atoms with Gasteiger partial charge in [-0.25, -0.2) is 0 Å². The standard InChI is InChI=1S/C21H25.C15H20.C5H5.Hf/c1-20(2,3)16-7-9-18-14(12-16)11-15-13-17(21(4,5)6)8-10-19(15)18;1-12(2)15-9-7-14(8-10-15)11-13-5-3-4-6-13;1-2-4-5-3-1;/h7-13H,1-6H3;7-10,12-13H,3-6H2,1-2H3;1-5H;. The van der Waals surface area contributed by atoms with Crippen LogP contribution in [0.5, 0.6) is 0 Å². The van der Waals surface area contributed by atoms with E-state index in [0.717, 1.165) is 5.92 Å². The zero-order chi connectivity index (χ0) is 29.8. The molecule has 0 radical (unpaired) electrons. The molecule has 6 rings (SSSR count). The number of fused-ring (bicyclic) bond motifs is 3. The van der Waals surface area contributed by atoms with Gasteiger partial charge in [0.2, 0.25) is 0 Å². The van der Waals surface area contributed by atoms with E-state index >= 15 is 0 Å². The summed E-state index contributed by atoms with van der Waals surface area (Å²) in [5.74, 6) is 1.30. The molecule has 0 unspecified atom stereocenters. The molecule has 3 aliphatic carbocycles. The molecule has 0 bridgehead atoms. The molecule has 1 fully saturated rings. The molecule has 0 heterocycles. The van der Waals surface area contributed by atoms with E-state index in [-0.39, 0.29) is 10.8 Å². The first-order valence-electron chi connectivity index (χ1n) is 16.4. The zero-order valence-corrected chi connectivity index (χ0v) is 30.8. The Bertz CT molecular complexity index is 1480. The molecule has 0 nitrogen and oxygen atoms in total. The van der Waals surface area contributed by atoms with Gasteiger partial charge in [0.05, 0.1) is 0 Å². The molecule has 218 valence electrons. The van der Waals surface area contributed by atoms with Gasteiger partial charge in [-0.2, -0.15) is 0 Å². The quantitative estimate of drug-likeness (QED) is 0.230. The SMILES string of the molecule is CC(C)c1ccc([C](C2CCCC2)=[Hf]([CH]2C=CC=C2)[CH]2c3cc(C(C)(C)C)ccc3-c3ccc(C(C)(C)C)cc32)cc1. The van der Waals surface area contributed by atoms with E-state index in [9.17, 15) is 0 Å². The molecule has 0 saturated heterocycles. The maximum absolute atomic E-state index is 2.74. The molecular weight excluding hydrogens is 671 g/mol. The van der Waals surface area contributed by atoms with Gasteiger partial charge >= 0.3 is 265 Å². The summed E-state index contributed by atoms with van der Waals surface area (Å²) >= 11 is -2.74. The van der Waals surface area contributed by atoms with Gasteiger partial charge in [-0.1, -0.05) is 0 Å². The van der Waals surface area contributed by atoms with Crippen LogP contribution >= 0.6 is 0 Å². The van der Waals surface area contributed by atoms with Crippen molar-refractivity contribution in [2.75, 3.05) is 0 Å². The molecule has 0 amide bonds. The van der Waals surface area contributed by atoms with Gasteiger partial charge in [-0.3, -0.25) is 0 Å². The van der Waals surface area contributed by atoms with Crippen molar-refractivity contribution in [3.8, 4) is 11.1 Å². The zero-order valence-electron chi connectivity index (χ0n) is 27.2. The Morgan fingerprint density at radius 2 is 1.19 bits per heavy atom. The molecule has 3 aromatic rings.